The Hall–Kier alpha value is -2.92. The number of hydrogen-bond donors (Lipinski definition) is 0. The highest BCUT2D eigenvalue weighted by molar-refractivity contribution is 7.09. The Bertz CT molecular complexity index is 1050. The van der Waals surface area contributed by atoms with E-state index >= 15 is 0 Å². The number of aryl methyl sites for hydroxylation is 2. The fourth-order valence-electron chi connectivity index (χ4n) is 2.99. The third kappa shape index (κ3) is 3.02. The maximum atomic E-state index is 13.3. The Morgan fingerprint density at radius 2 is 2.04 bits per heavy atom. The number of anilines is 1. The number of nitrogens with zero attached hydrogens (tertiary/aromatic N) is 2. The molecule has 130 valence electrons. The Labute approximate surface area is 155 Å². The Kier molecular flexibility index (Phi) is 4.31. The van der Waals surface area contributed by atoms with Crippen LogP contribution >= 0.6 is 11.3 Å². The Morgan fingerprint density at radius 3 is 2.77 bits per heavy atom. The maximum Gasteiger partial charge on any atom is 0.295 e. The van der Waals surface area contributed by atoms with Gasteiger partial charge in [-0.05, 0) is 49.1 Å². The summed E-state index contributed by atoms with van der Waals surface area (Å²) >= 11 is 1.62. The molecule has 1 amide bonds. The molecular formula is C21H18N2O2S. The lowest BCUT2D eigenvalue weighted by Crippen LogP contribution is -2.31. The number of furan rings is 1. The van der Waals surface area contributed by atoms with Crippen molar-refractivity contribution in [3.05, 3.63) is 81.9 Å². The monoisotopic (exact) mass is 362 g/mol. The second-order valence-electron chi connectivity index (χ2n) is 6.21. The molecule has 0 radical (unpaired) electrons. The highest BCUT2D eigenvalue weighted by Gasteiger charge is 2.25. The Balaban J connectivity index is 1.78. The molecule has 3 aromatic heterocycles. The van der Waals surface area contributed by atoms with Gasteiger partial charge >= 0.3 is 0 Å². The quantitative estimate of drug-likeness (QED) is 0.491. The summed E-state index contributed by atoms with van der Waals surface area (Å²) in [5.74, 6) is 0.804. The van der Waals surface area contributed by atoms with Crippen molar-refractivity contribution in [2.45, 2.75) is 20.4 Å². The van der Waals surface area contributed by atoms with E-state index in [1.807, 2.05) is 67.8 Å². The summed E-state index contributed by atoms with van der Waals surface area (Å²) < 4.78 is 5.95. The molecule has 0 aliphatic rings. The second kappa shape index (κ2) is 6.77. The molecule has 0 atom stereocenters. The lowest BCUT2D eigenvalue weighted by molar-refractivity contribution is 0.0959. The van der Waals surface area contributed by atoms with Gasteiger partial charge in [0.15, 0.2) is 5.76 Å². The van der Waals surface area contributed by atoms with Crippen molar-refractivity contribution in [2.24, 2.45) is 0 Å². The van der Waals surface area contributed by atoms with E-state index in [0.717, 1.165) is 27.0 Å². The first kappa shape index (κ1) is 16.5. The van der Waals surface area contributed by atoms with Gasteiger partial charge in [-0.15, -0.1) is 11.3 Å². The number of pyridine rings is 1. The van der Waals surface area contributed by atoms with Crippen molar-refractivity contribution in [2.75, 3.05) is 4.90 Å². The van der Waals surface area contributed by atoms with Gasteiger partial charge in [0.2, 0.25) is 0 Å². The number of carbonyl (C=O) groups excluding carboxylic acids is 1. The standard InChI is InChI=1S/C21H18N2O2S/c1-14-8-9-17-15(2)20(25-18(17)12-14)21(24)23(13-16-6-5-11-26-16)19-7-3-4-10-22-19/h3-12H,13H2,1-2H3. The van der Waals surface area contributed by atoms with E-state index < -0.39 is 0 Å². The molecule has 0 saturated carbocycles. The minimum Gasteiger partial charge on any atom is -0.451 e. The summed E-state index contributed by atoms with van der Waals surface area (Å²) in [5.41, 5.74) is 2.70. The summed E-state index contributed by atoms with van der Waals surface area (Å²) in [6.45, 7) is 4.40. The summed E-state index contributed by atoms with van der Waals surface area (Å²) in [7, 11) is 0. The first-order chi connectivity index (χ1) is 12.6. The van der Waals surface area contributed by atoms with Gasteiger partial charge in [0.1, 0.15) is 11.4 Å². The molecule has 0 saturated heterocycles. The van der Waals surface area contributed by atoms with E-state index in [2.05, 4.69) is 4.98 Å². The topological polar surface area (TPSA) is 46.3 Å². The van der Waals surface area contributed by atoms with Crippen molar-refractivity contribution >= 4 is 34.0 Å². The molecule has 26 heavy (non-hydrogen) atoms. The molecule has 1 aromatic carbocycles. The van der Waals surface area contributed by atoms with Crippen LogP contribution in [0.1, 0.15) is 26.6 Å². The van der Waals surface area contributed by atoms with Crippen LogP contribution in [0, 0.1) is 13.8 Å². The lowest BCUT2D eigenvalue weighted by Gasteiger charge is -2.20. The van der Waals surface area contributed by atoms with Crippen LogP contribution in [0.5, 0.6) is 0 Å². The molecular weight excluding hydrogens is 344 g/mol. The molecule has 0 fully saturated rings. The van der Waals surface area contributed by atoms with E-state index in [0.29, 0.717) is 18.1 Å². The number of thiophene rings is 1. The summed E-state index contributed by atoms with van der Waals surface area (Å²) in [6.07, 6.45) is 1.69. The molecule has 4 nitrogen and oxygen atoms in total. The second-order valence-corrected chi connectivity index (χ2v) is 7.25. The van der Waals surface area contributed by atoms with Crippen LogP contribution < -0.4 is 4.90 Å². The van der Waals surface area contributed by atoms with E-state index in [1.165, 1.54) is 0 Å². The number of hydrogen-bond acceptors (Lipinski definition) is 4. The minimum absolute atomic E-state index is 0.177. The number of rotatable bonds is 4. The van der Waals surface area contributed by atoms with Gasteiger partial charge < -0.3 is 4.42 Å². The van der Waals surface area contributed by atoms with Gasteiger partial charge in [0.25, 0.3) is 5.91 Å². The molecule has 0 aliphatic carbocycles. The maximum absolute atomic E-state index is 13.3. The molecule has 4 aromatic rings. The van der Waals surface area contributed by atoms with E-state index in [-0.39, 0.29) is 5.91 Å². The summed E-state index contributed by atoms with van der Waals surface area (Å²) in [6, 6.07) is 15.6. The first-order valence-electron chi connectivity index (χ1n) is 8.38. The zero-order chi connectivity index (χ0) is 18.1. The number of carbonyl (C=O) groups is 1. The van der Waals surface area contributed by atoms with Gasteiger partial charge in [-0.2, -0.15) is 0 Å². The SMILES string of the molecule is Cc1ccc2c(C)c(C(=O)N(Cc3cccs3)c3ccccn3)oc2c1. The van der Waals surface area contributed by atoms with Crippen LogP contribution in [0.4, 0.5) is 5.82 Å². The molecule has 4 rings (SSSR count). The number of aromatic nitrogens is 1. The van der Waals surface area contributed by atoms with E-state index in [9.17, 15) is 4.79 Å². The van der Waals surface area contributed by atoms with E-state index in [1.54, 1.807) is 22.4 Å². The number of benzene rings is 1. The molecule has 5 heteroatoms. The van der Waals surface area contributed by atoms with Crippen molar-refractivity contribution < 1.29 is 9.21 Å². The van der Waals surface area contributed by atoms with Crippen LogP contribution in [0.2, 0.25) is 0 Å². The smallest absolute Gasteiger partial charge is 0.295 e. The normalized spacial score (nSPS) is 11.0. The van der Waals surface area contributed by atoms with Crippen molar-refractivity contribution in [3.63, 3.8) is 0 Å². The zero-order valence-corrected chi connectivity index (χ0v) is 15.4. The minimum atomic E-state index is -0.177. The highest BCUT2D eigenvalue weighted by Crippen LogP contribution is 2.29. The van der Waals surface area contributed by atoms with Crippen molar-refractivity contribution in [1.82, 2.24) is 4.98 Å². The van der Waals surface area contributed by atoms with E-state index in [4.69, 9.17) is 4.42 Å². The third-order valence-electron chi connectivity index (χ3n) is 4.35. The van der Waals surface area contributed by atoms with Crippen molar-refractivity contribution in [1.29, 1.82) is 0 Å². The van der Waals surface area contributed by atoms with Crippen LogP contribution in [0.15, 0.2) is 64.5 Å². The van der Waals surface area contributed by atoms with Crippen molar-refractivity contribution in [3.8, 4) is 0 Å². The van der Waals surface area contributed by atoms with Gasteiger partial charge in [-0.1, -0.05) is 24.3 Å². The summed E-state index contributed by atoms with van der Waals surface area (Å²) in [4.78, 5) is 20.5. The fraction of sp³-hybridized carbons (Fsp3) is 0.143. The number of fused-ring (bicyclic) bond motifs is 1. The predicted octanol–water partition coefficient (Wildman–Crippen LogP) is 5.35. The first-order valence-corrected chi connectivity index (χ1v) is 9.26. The average Bonchev–Trinajstić information content (AvgIpc) is 3.28. The van der Waals surface area contributed by atoms with Gasteiger partial charge in [-0.3, -0.25) is 9.69 Å². The van der Waals surface area contributed by atoms with Gasteiger partial charge in [0, 0.05) is 22.0 Å². The third-order valence-corrected chi connectivity index (χ3v) is 5.21. The lowest BCUT2D eigenvalue weighted by atomic mass is 10.1. The average molecular weight is 362 g/mol. The highest BCUT2D eigenvalue weighted by atomic mass is 32.1. The van der Waals surface area contributed by atoms with Gasteiger partial charge in [0.05, 0.1) is 6.54 Å². The van der Waals surface area contributed by atoms with Crippen LogP contribution in [-0.2, 0) is 6.54 Å². The molecule has 0 unspecified atom stereocenters. The molecule has 0 N–H and O–H groups in total. The van der Waals surface area contributed by atoms with Crippen LogP contribution in [0.3, 0.4) is 0 Å². The van der Waals surface area contributed by atoms with Crippen LogP contribution in [-0.4, -0.2) is 10.9 Å². The summed E-state index contributed by atoms with van der Waals surface area (Å²) in [5, 5.41) is 2.97. The Morgan fingerprint density at radius 1 is 1.15 bits per heavy atom. The van der Waals surface area contributed by atoms with Gasteiger partial charge in [-0.25, -0.2) is 4.98 Å². The molecule has 0 bridgehead atoms. The largest absolute Gasteiger partial charge is 0.451 e. The fourth-order valence-corrected chi connectivity index (χ4v) is 3.68. The molecule has 0 aliphatic heterocycles. The number of amides is 1. The zero-order valence-electron chi connectivity index (χ0n) is 14.6. The molecule has 3 heterocycles. The predicted molar refractivity (Wildman–Crippen MR) is 105 cm³/mol. The van der Waals surface area contributed by atoms with Crippen LogP contribution in [0.25, 0.3) is 11.0 Å². The molecule has 0 spiro atoms.